The second kappa shape index (κ2) is 13.4. The number of hydrogen-bond acceptors (Lipinski definition) is 7. The molecule has 2 amide bonds. The summed E-state index contributed by atoms with van der Waals surface area (Å²) in [6.45, 7) is 9.04. The van der Waals surface area contributed by atoms with Crippen LogP contribution in [-0.2, 0) is 16.8 Å². The molecule has 0 radical (unpaired) electrons. The number of thioether (sulfide) groups is 1. The molecule has 41 heavy (non-hydrogen) atoms. The predicted octanol–water partition coefficient (Wildman–Crippen LogP) is 5.63. The van der Waals surface area contributed by atoms with E-state index in [4.69, 9.17) is 9.47 Å². The lowest BCUT2D eigenvalue weighted by atomic mass is 9.87. The fraction of sp³-hybridized carbons (Fsp3) is 0.290. The zero-order chi connectivity index (χ0) is 29.4. The maximum atomic E-state index is 12.9. The van der Waals surface area contributed by atoms with Crippen molar-refractivity contribution in [1.82, 2.24) is 20.1 Å². The number of aromatic nitrogens is 3. The van der Waals surface area contributed by atoms with Gasteiger partial charge in [0.2, 0.25) is 5.91 Å². The van der Waals surface area contributed by atoms with E-state index in [0.29, 0.717) is 34.6 Å². The third-order valence-corrected chi connectivity index (χ3v) is 7.16. The van der Waals surface area contributed by atoms with Gasteiger partial charge in [-0.1, -0.05) is 44.7 Å². The van der Waals surface area contributed by atoms with Gasteiger partial charge in [-0.05, 0) is 78.6 Å². The van der Waals surface area contributed by atoms with Gasteiger partial charge < -0.3 is 20.1 Å². The molecule has 0 bridgehead atoms. The highest BCUT2D eigenvalue weighted by Crippen LogP contribution is 2.25. The Kier molecular flexibility index (Phi) is 9.67. The van der Waals surface area contributed by atoms with Gasteiger partial charge in [0.25, 0.3) is 5.91 Å². The standard InChI is InChI=1S/C31H35N5O4S/c1-6-40-26-17-13-24(14-18-26)36-27(19-32-29(38)21-7-9-22(10-8-21)31(2,3)4)34-35-30(36)41-20-28(37)33-23-11-15-25(39-5)16-12-23/h7-18H,6,19-20H2,1-5H3,(H,32,38)(H,33,37). The summed E-state index contributed by atoms with van der Waals surface area (Å²) in [4.78, 5) is 25.6. The van der Waals surface area contributed by atoms with Crippen molar-refractivity contribution in [1.29, 1.82) is 0 Å². The molecular weight excluding hydrogens is 538 g/mol. The number of nitrogens with one attached hydrogen (secondary N) is 2. The molecule has 0 aliphatic heterocycles. The summed E-state index contributed by atoms with van der Waals surface area (Å²) in [5, 5.41) is 15.0. The molecule has 4 rings (SSSR count). The van der Waals surface area contributed by atoms with Gasteiger partial charge in [-0.2, -0.15) is 0 Å². The maximum absolute atomic E-state index is 12.9. The molecule has 0 spiro atoms. The first kappa shape index (κ1) is 29.7. The first-order chi connectivity index (χ1) is 19.7. The third kappa shape index (κ3) is 7.88. The normalized spacial score (nSPS) is 11.1. The lowest BCUT2D eigenvalue weighted by Gasteiger charge is -2.19. The highest BCUT2D eigenvalue weighted by molar-refractivity contribution is 7.99. The summed E-state index contributed by atoms with van der Waals surface area (Å²) in [7, 11) is 1.59. The van der Waals surface area contributed by atoms with E-state index in [9.17, 15) is 9.59 Å². The van der Waals surface area contributed by atoms with Crippen LogP contribution >= 0.6 is 11.8 Å². The number of amides is 2. The minimum absolute atomic E-state index is 0.00273. The number of hydrogen-bond donors (Lipinski definition) is 2. The van der Waals surface area contributed by atoms with Crippen molar-refractivity contribution in [3.05, 3.63) is 89.7 Å². The Balaban J connectivity index is 1.49. The molecule has 0 fully saturated rings. The van der Waals surface area contributed by atoms with E-state index in [1.54, 1.807) is 31.4 Å². The molecule has 0 aliphatic rings. The summed E-state index contributed by atoms with van der Waals surface area (Å²) < 4.78 is 12.6. The predicted molar refractivity (Wildman–Crippen MR) is 161 cm³/mol. The van der Waals surface area contributed by atoms with Crippen LogP contribution in [0.2, 0.25) is 0 Å². The summed E-state index contributed by atoms with van der Waals surface area (Å²) in [6, 6.07) is 22.3. The van der Waals surface area contributed by atoms with Crippen molar-refractivity contribution in [2.75, 3.05) is 24.8 Å². The van der Waals surface area contributed by atoms with Crippen LogP contribution in [0.5, 0.6) is 11.5 Å². The van der Waals surface area contributed by atoms with E-state index in [1.807, 2.05) is 60.0 Å². The van der Waals surface area contributed by atoms with Gasteiger partial charge in [0, 0.05) is 16.9 Å². The van der Waals surface area contributed by atoms with Crippen LogP contribution in [0.3, 0.4) is 0 Å². The number of benzene rings is 3. The minimum Gasteiger partial charge on any atom is -0.497 e. The van der Waals surface area contributed by atoms with E-state index < -0.39 is 0 Å². The Hall–Kier alpha value is -4.31. The SMILES string of the molecule is CCOc1ccc(-n2c(CNC(=O)c3ccc(C(C)(C)C)cc3)nnc2SCC(=O)Nc2ccc(OC)cc2)cc1. The fourth-order valence-electron chi connectivity index (χ4n) is 4.01. The second-order valence-corrected chi connectivity index (χ2v) is 11.2. The van der Waals surface area contributed by atoms with Crippen molar-refractivity contribution in [2.45, 2.75) is 44.8 Å². The lowest BCUT2D eigenvalue weighted by Crippen LogP contribution is -2.25. The van der Waals surface area contributed by atoms with Gasteiger partial charge in [0.1, 0.15) is 11.5 Å². The molecule has 2 N–H and O–H groups in total. The highest BCUT2D eigenvalue weighted by atomic mass is 32.2. The second-order valence-electron chi connectivity index (χ2n) is 10.2. The molecule has 214 valence electrons. The number of anilines is 1. The molecule has 10 heteroatoms. The first-order valence-corrected chi connectivity index (χ1v) is 14.3. The number of carbonyl (C=O) groups excluding carboxylic acids is 2. The van der Waals surface area contributed by atoms with Gasteiger partial charge in [0.05, 0.1) is 26.0 Å². The number of rotatable bonds is 11. The molecular formula is C31H35N5O4S. The van der Waals surface area contributed by atoms with Crippen LogP contribution < -0.4 is 20.1 Å². The minimum atomic E-state index is -0.209. The van der Waals surface area contributed by atoms with Crippen molar-refractivity contribution in [2.24, 2.45) is 0 Å². The molecule has 0 aliphatic carbocycles. The van der Waals surface area contributed by atoms with Gasteiger partial charge in [-0.15, -0.1) is 10.2 Å². The van der Waals surface area contributed by atoms with Crippen LogP contribution in [0.15, 0.2) is 78.0 Å². The van der Waals surface area contributed by atoms with Crippen LogP contribution in [-0.4, -0.2) is 46.0 Å². The third-order valence-electron chi connectivity index (χ3n) is 6.23. The van der Waals surface area contributed by atoms with E-state index in [0.717, 1.165) is 17.0 Å². The molecule has 4 aromatic rings. The Morgan fingerprint density at radius 1 is 0.902 bits per heavy atom. The van der Waals surface area contributed by atoms with E-state index >= 15 is 0 Å². The maximum Gasteiger partial charge on any atom is 0.251 e. The van der Waals surface area contributed by atoms with E-state index in [1.165, 1.54) is 11.8 Å². The van der Waals surface area contributed by atoms with Crippen molar-refractivity contribution >= 4 is 29.3 Å². The molecule has 0 saturated heterocycles. The number of ether oxygens (including phenoxy) is 2. The average molecular weight is 574 g/mol. The Morgan fingerprint density at radius 2 is 1.56 bits per heavy atom. The van der Waals surface area contributed by atoms with Crippen molar-refractivity contribution < 1.29 is 19.1 Å². The average Bonchev–Trinajstić information content (AvgIpc) is 3.38. The smallest absolute Gasteiger partial charge is 0.251 e. The van der Waals surface area contributed by atoms with Gasteiger partial charge in [0.15, 0.2) is 11.0 Å². The molecule has 0 atom stereocenters. The fourth-order valence-corrected chi connectivity index (χ4v) is 4.78. The van der Waals surface area contributed by atoms with Gasteiger partial charge in [-0.3, -0.25) is 14.2 Å². The topological polar surface area (TPSA) is 107 Å². The van der Waals surface area contributed by atoms with Crippen LogP contribution in [0, 0.1) is 0 Å². The zero-order valence-electron chi connectivity index (χ0n) is 23.9. The Bertz CT molecular complexity index is 1460. The quantitative estimate of drug-likeness (QED) is 0.224. The first-order valence-electron chi connectivity index (χ1n) is 13.3. The van der Waals surface area contributed by atoms with Gasteiger partial charge >= 0.3 is 0 Å². The Labute approximate surface area is 244 Å². The monoisotopic (exact) mass is 573 g/mol. The summed E-state index contributed by atoms with van der Waals surface area (Å²) in [6.07, 6.45) is 0. The molecule has 9 nitrogen and oxygen atoms in total. The summed E-state index contributed by atoms with van der Waals surface area (Å²) in [5.74, 6) is 1.71. The molecule has 1 aromatic heterocycles. The van der Waals surface area contributed by atoms with E-state index in [-0.39, 0.29) is 29.5 Å². The van der Waals surface area contributed by atoms with E-state index in [2.05, 4.69) is 41.6 Å². The zero-order valence-corrected chi connectivity index (χ0v) is 24.7. The van der Waals surface area contributed by atoms with Crippen molar-refractivity contribution in [3.63, 3.8) is 0 Å². The lowest BCUT2D eigenvalue weighted by molar-refractivity contribution is -0.113. The highest BCUT2D eigenvalue weighted by Gasteiger charge is 2.18. The van der Waals surface area contributed by atoms with Crippen molar-refractivity contribution in [3.8, 4) is 17.2 Å². The van der Waals surface area contributed by atoms with Crippen LogP contribution in [0.4, 0.5) is 5.69 Å². The molecule has 0 saturated carbocycles. The summed E-state index contributed by atoms with van der Waals surface area (Å²) >= 11 is 1.26. The molecule has 3 aromatic carbocycles. The number of methoxy groups -OCH3 is 1. The number of nitrogens with zero attached hydrogens (tertiary/aromatic N) is 3. The largest absolute Gasteiger partial charge is 0.497 e. The molecule has 1 heterocycles. The Morgan fingerprint density at radius 3 is 2.17 bits per heavy atom. The molecule has 0 unspecified atom stereocenters. The number of carbonyl (C=O) groups is 2. The van der Waals surface area contributed by atoms with Crippen LogP contribution in [0.25, 0.3) is 5.69 Å². The van der Waals surface area contributed by atoms with Crippen LogP contribution in [0.1, 0.15) is 49.4 Å². The summed E-state index contributed by atoms with van der Waals surface area (Å²) in [5.41, 5.74) is 3.18. The van der Waals surface area contributed by atoms with Gasteiger partial charge in [-0.25, -0.2) is 0 Å².